The van der Waals surface area contributed by atoms with Crippen molar-refractivity contribution in [1.29, 1.82) is 0 Å². The third-order valence-corrected chi connectivity index (χ3v) is 5.92. The van der Waals surface area contributed by atoms with Crippen molar-refractivity contribution in [2.75, 3.05) is 25.5 Å². The molecule has 4 aromatic rings. The molecule has 1 amide bonds. The summed E-state index contributed by atoms with van der Waals surface area (Å²) in [6, 6.07) is 9.49. The number of benzene rings is 2. The lowest BCUT2D eigenvalue weighted by Crippen LogP contribution is -2.43. The molecule has 7 nitrogen and oxygen atoms in total. The smallest absolute Gasteiger partial charge is 0.382 e. The van der Waals surface area contributed by atoms with E-state index in [1.807, 2.05) is 11.3 Å². The van der Waals surface area contributed by atoms with Crippen LogP contribution in [0.5, 0.6) is 0 Å². The molecule has 0 radical (unpaired) electrons. The van der Waals surface area contributed by atoms with Crippen molar-refractivity contribution in [3.8, 4) is 0 Å². The van der Waals surface area contributed by atoms with E-state index in [-0.39, 0.29) is 12.5 Å². The number of imidazole rings is 1. The number of fused-ring (bicyclic) bond motifs is 3. The van der Waals surface area contributed by atoms with Crippen molar-refractivity contribution in [3.05, 3.63) is 71.2 Å². The molecule has 2 aromatic heterocycles. The van der Waals surface area contributed by atoms with Crippen LogP contribution in [0.25, 0.3) is 16.6 Å². The SMILES string of the molecule is Cc1ncc2c(N)nc3ccc(C(=O)N4CCOC[C@@H]4c4ccc(C(F)(F)F)cc4)cc3n12. The van der Waals surface area contributed by atoms with E-state index in [1.165, 1.54) is 12.1 Å². The highest BCUT2D eigenvalue weighted by atomic mass is 19.4. The van der Waals surface area contributed by atoms with E-state index in [2.05, 4.69) is 9.97 Å². The van der Waals surface area contributed by atoms with Gasteiger partial charge < -0.3 is 15.4 Å². The van der Waals surface area contributed by atoms with Gasteiger partial charge in [0.2, 0.25) is 0 Å². The van der Waals surface area contributed by atoms with Crippen molar-refractivity contribution < 1.29 is 22.7 Å². The van der Waals surface area contributed by atoms with E-state index in [4.69, 9.17) is 10.5 Å². The van der Waals surface area contributed by atoms with Crippen LogP contribution in [0, 0.1) is 6.92 Å². The van der Waals surface area contributed by atoms with Gasteiger partial charge in [0.25, 0.3) is 5.91 Å². The third-order valence-electron chi connectivity index (χ3n) is 5.92. The fourth-order valence-electron chi connectivity index (χ4n) is 4.23. The number of morpholine rings is 1. The van der Waals surface area contributed by atoms with Gasteiger partial charge in [-0.15, -0.1) is 0 Å². The molecule has 0 aliphatic carbocycles. The van der Waals surface area contributed by atoms with Crippen LogP contribution in [0.2, 0.25) is 0 Å². The molecule has 0 spiro atoms. The molecule has 1 aliphatic heterocycles. The van der Waals surface area contributed by atoms with E-state index in [0.29, 0.717) is 52.5 Å². The van der Waals surface area contributed by atoms with Crippen molar-refractivity contribution >= 4 is 28.3 Å². The number of nitrogen functional groups attached to an aromatic ring is 1. The number of carbonyl (C=O) groups is 1. The molecule has 3 heterocycles. The average molecular weight is 455 g/mol. The Labute approximate surface area is 186 Å². The number of nitrogens with zero attached hydrogens (tertiary/aromatic N) is 4. The van der Waals surface area contributed by atoms with E-state index < -0.39 is 17.8 Å². The summed E-state index contributed by atoms with van der Waals surface area (Å²) in [6.45, 7) is 2.71. The quantitative estimate of drug-likeness (QED) is 0.494. The molecular formula is C23H20F3N5O2. The van der Waals surface area contributed by atoms with Crippen LogP contribution in [0.15, 0.2) is 48.7 Å². The van der Waals surface area contributed by atoms with Crippen LogP contribution < -0.4 is 5.73 Å². The summed E-state index contributed by atoms with van der Waals surface area (Å²) in [6.07, 6.45) is -2.79. The molecule has 0 unspecified atom stereocenters. The zero-order chi connectivity index (χ0) is 23.3. The molecular weight excluding hydrogens is 435 g/mol. The monoisotopic (exact) mass is 455 g/mol. The van der Waals surface area contributed by atoms with Crippen LogP contribution >= 0.6 is 0 Å². The first-order valence-corrected chi connectivity index (χ1v) is 10.3. The summed E-state index contributed by atoms with van der Waals surface area (Å²) in [4.78, 5) is 23.8. The molecule has 5 rings (SSSR count). The van der Waals surface area contributed by atoms with Crippen LogP contribution in [0.3, 0.4) is 0 Å². The zero-order valence-electron chi connectivity index (χ0n) is 17.6. The third kappa shape index (κ3) is 3.66. The molecule has 2 aromatic carbocycles. The lowest BCUT2D eigenvalue weighted by molar-refractivity contribution is -0.137. The predicted molar refractivity (Wildman–Crippen MR) is 116 cm³/mol. The van der Waals surface area contributed by atoms with Crippen LogP contribution in [-0.4, -0.2) is 44.9 Å². The van der Waals surface area contributed by atoms with E-state index in [1.54, 1.807) is 29.3 Å². The van der Waals surface area contributed by atoms with E-state index >= 15 is 0 Å². The predicted octanol–water partition coefficient (Wildman–Crippen LogP) is 4.01. The van der Waals surface area contributed by atoms with Crippen LogP contribution in [0.4, 0.5) is 19.0 Å². The Balaban J connectivity index is 1.52. The Morgan fingerprint density at radius 2 is 1.91 bits per heavy atom. The first kappa shape index (κ1) is 21.2. The number of hydrogen-bond donors (Lipinski definition) is 1. The standard InChI is InChI=1S/C23H20F3N5O2/c1-13-28-11-19-21(27)29-17-7-4-15(10-18(17)31(13)19)22(32)30-8-9-33-12-20(30)14-2-5-16(6-3-14)23(24,25)26/h2-7,10-11,20H,8-9,12H2,1H3,(H2,27,29)/t20-/m1/s1. The summed E-state index contributed by atoms with van der Waals surface area (Å²) < 4.78 is 46.2. The number of aromatic nitrogens is 3. The number of nitrogens with two attached hydrogens (primary N) is 1. The minimum atomic E-state index is -4.42. The Bertz CT molecular complexity index is 1360. The lowest BCUT2D eigenvalue weighted by atomic mass is 10.0. The second kappa shape index (κ2) is 7.73. The molecule has 170 valence electrons. The van der Waals surface area contributed by atoms with Crippen molar-refractivity contribution in [2.45, 2.75) is 19.1 Å². The summed E-state index contributed by atoms with van der Waals surface area (Å²) in [7, 11) is 0. The maximum atomic E-state index is 13.5. The molecule has 0 bridgehead atoms. The van der Waals surface area contributed by atoms with Gasteiger partial charge in [-0.25, -0.2) is 9.97 Å². The van der Waals surface area contributed by atoms with Gasteiger partial charge in [0, 0.05) is 12.1 Å². The first-order chi connectivity index (χ1) is 15.7. The van der Waals surface area contributed by atoms with Crippen molar-refractivity contribution in [2.24, 2.45) is 0 Å². The number of halogens is 3. The highest BCUT2D eigenvalue weighted by molar-refractivity contribution is 5.98. The number of amides is 1. The number of carbonyl (C=O) groups excluding carboxylic acids is 1. The van der Waals surface area contributed by atoms with Gasteiger partial charge in [-0.2, -0.15) is 13.2 Å². The molecule has 1 atom stereocenters. The molecule has 1 fully saturated rings. The lowest BCUT2D eigenvalue weighted by Gasteiger charge is -2.36. The van der Waals surface area contributed by atoms with Gasteiger partial charge in [-0.1, -0.05) is 12.1 Å². The number of rotatable bonds is 2. The van der Waals surface area contributed by atoms with E-state index in [9.17, 15) is 18.0 Å². The molecule has 1 saturated heterocycles. The minimum Gasteiger partial charge on any atom is -0.382 e. The average Bonchev–Trinajstić information content (AvgIpc) is 3.20. The van der Waals surface area contributed by atoms with Crippen molar-refractivity contribution in [1.82, 2.24) is 19.3 Å². The second-order valence-electron chi connectivity index (χ2n) is 7.94. The Kier molecular flexibility index (Phi) is 4.97. The molecule has 10 heteroatoms. The maximum absolute atomic E-state index is 13.5. The fourth-order valence-corrected chi connectivity index (χ4v) is 4.23. The molecule has 33 heavy (non-hydrogen) atoms. The van der Waals surface area contributed by atoms with Crippen molar-refractivity contribution in [3.63, 3.8) is 0 Å². The molecule has 0 saturated carbocycles. The van der Waals surface area contributed by atoms with Crippen LogP contribution in [0.1, 0.15) is 33.4 Å². The molecule has 2 N–H and O–H groups in total. The Hall–Kier alpha value is -3.66. The summed E-state index contributed by atoms with van der Waals surface area (Å²) in [5, 5.41) is 0. The van der Waals surface area contributed by atoms with E-state index in [0.717, 1.165) is 12.1 Å². The van der Waals surface area contributed by atoms with Gasteiger partial charge in [-0.05, 0) is 42.8 Å². The van der Waals surface area contributed by atoms with Gasteiger partial charge in [-0.3, -0.25) is 9.20 Å². The summed E-state index contributed by atoms with van der Waals surface area (Å²) in [5.74, 6) is 0.813. The second-order valence-corrected chi connectivity index (χ2v) is 7.94. The van der Waals surface area contributed by atoms with Gasteiger partial charge >= 0.3 is 6.18 Å². The van der Waals surface area contributed by atoms with Gasteiger partial charge in [0.15, 0.2) is 0 Å². The number of aryl methyl sites for hydroxylation is 1. The highest BCUT2D eigenvalue weighted by Crippen LogP contribution is 2.32. The van der Waals surface area contributed by atoms with Gasteiger partial charge in [0.1, 0.15) is 17.2 Å². The maximum Gasteiger partial charge on any atom is 0.416 e. The first-order valence-electron chi connectivity index (χ1n) is 10.3. The summed E-state index contributed by atoms with van der Waals surface area (Å²) >= 11 is 0. The number of alkyl halides is 3. The summed E-state index contributed by atoms with van der Waals surface area (Å²) in [5.41, 5.74) is 8.29. The number of ether oxygens (including phenoxy) is 1. The largest absolute Gasteiger partial charge is 0.416 e. The van der Waals surface area contributed by atoms with Crippen LogP contribution in [-0.2, 0) is 10.9 Å². The number of anilines is 1. The topological polar surface area (TPSA) is 85.8 Å². The normalized spacial score (nSPS) is 17.1. The Morgan fingerprint density at radius 1 is 1.15 bits per heavy atom. The minimum absolute atomic E-state index is 0.202. The highest BCUT2D eigenvalue weighted by Gasteiger charge is 2.33. The fraction of sp³-hybridized carbons (Fsp3) is 0.261. The van der Waals surface area contributed by atoms with Gasteiger partial charge in [0.05, 0.1) is 42.0 Å². The zero-order valence-corrected chi connectivity index (χ0v) is 17.6. The Morgan fingerprint density at radius 3 is 2.64 bits per heavy atom. The number of hydrogen-bond acceptors (Lipinski definition) is 5. The molecule has 1 aliphatic rings.